The summed E-state index contributed by atoms with van der Waals surface area (Å²) < 4.78 is 25.6. The highest BCUT2D eigenvalue weighted by Crippen LogP contribution is 2.89. The number of rotatable bonds is 6. The Balaban J connectivity index is 1.13. The molecule has 2 heterocycles. The molecule has 7 rings (SSSR count). The van der Waals surface area contributed by atoms with Crippen LogP contribution in [0.4, 0.5) is 0 Å². The van der Waals surface area contributed by atoms with Crippen molar-refractivity contribution in [3.63, 3.8) is 0 Å². The van der Waals surface area contributed by atoms with Crippen molar-refractivity contribution in [2.45, 2.75) is 169 Å². The predicted octanol–water partition coefficient (Wildman–Crippen LogP) is 5.95. The van der Waals surface area contributed by atoms with Crippen molar-refractivity contribution < 1.29 is 34.0 Å². The SMILES string of the molecule is CC(=O)O[C@@H]([C@H]1CC(C)[C@H]2[C@H](O1)[C@H](O)[C@@]1(C)[C@@H]3CC[C@H]4C(C)(C)[C@@H](O[C@H]5CN(C(C)C)CCO5)CC[C@@]45C[C@@]35CC[C@]21C)C(C)(C)O. The van der Waals surface area contributed by atoms with Crippen molar-refractivity contribution in [1.82, 2.24) is 4.90 Å². The van der Waals surface area contributed by atoms with E-state index in [0.717, 1.165) is 39.0 Å². The number of hydrogen-bond acceptors (Lipinski definition) is 8. The van der Waals surface area contributed by atoms with Crippen molar-refractivity contribution in [3.8, 4) is 0 Å². The van der Waals surface area contributed by atoms with E-state index < -0.39 is 29.9 Å². The van der Waals surface area contributed by atoms with E-state index in [1.807, 2.05) is 0 Å². The van der Waals surface area contributed by atoms with E-state index >= 15 is 0 Å². The number of aliphatic hydroxyl groups is 2. The average Bonchev–Trinajstić information content (AvgIpc) is 3.61. The summed E-state index contributed by atoms with van der Waals surface area (Å²) in [5.74, 6) is 1.15. The Kier molecular flexibility index (Phi) is 8.20. The molecule has 0 aromatic carbocycles. The van der Waals surface area contributed by atoms with Gasteiger partial charge in [-0.1, -0.05) is 34.6 Å². The van der Waals surface area contributed by atoms with E-state index in [-0.39, 0.29) is 52.0 Å². The number of hydrogen-bond donors (Lipinski definition) is 2. The molecule has 47 heavy (non-hydrogen) atoms. The van der Waals surface area contributed by atoms with Gasteiger partial charge in [0.05, 0.1) is 36.6 Å². The van der Waals surface area contributed by atoms with E-state index in [1.165, 1.54) is 32.6 Å². The summed E-state index contributed by atoms with van der Waals surface area (Å²) in [6.45, 7) is 24.0. The summed E-state index contributed by atoms with van der Waals surface area (Å²) in [4.78, 5) is 14.6. The third-order valence-electron chi connectivity index (χ3n) is 16.2. The van der Waals surface area contributed by atoms with Crippen LogP contribution in [0, 0.1) is 50.7 Å². The lowest BCUT2D eigenvalue weighted by atomic mass is 9.41. The van der Waals surface area contributed by atoms with E-state index in [1.54, 1.807) is 13.8 Å². The maximum absolute atomic E-state index is 12.6. The molecule has 0 aromatic rings. The number of fused-ring (bicyclic) bond motifs is 4. The van der Waals surface area contributed by atoms with Gasteiger partial charge in [-0.2, -0.15) is 0 Å². The molecule has 5 aliphatic carbocycles. The first-order valence-electron chi connectivity index (χ1n) is 19.1. The molecule has 5 saturated carbocycles. The molecule has 2 saturated heterocycles. The van der Waals surface area contributed by atoms with Gasteiger partial charge in [-0.15, -0.1) is 0 Å². The lowest BCUT2D eigenvalue weighted by Gasteiger charge is -2.64. The number of ether oxygens (including phenoxy) is 4. The lowest BCUT2D eigenvalue weighted by Crippen LogP contribution is -2.60. The highest BCUT2D eigenvalue weighted by atomic mass is 16.7. The van der Waals surface area contributed by atoms with Gasteiger partial charge in [-0.25, -0.2) is 0 Å². The Morgan fingerprint density at radius 1 is 1.02 bits per heavy atom. The maximum atomic E-state index is 12.6. The Bertz CT molecular complexity index is 1230. The van der Waals surface area contributed by atoms with Crippen LogP contribution in [0.25, 0.3) is 0 Å². The summed E-state index contributed by atoms with van der Waals surface area (Å²) in [6, 6.07) is 0.499. The number of carbonyl (C=O) groups excluding carboxylic acids is 1. The van der Waals surface area contributed by atoms with Crippen molar-refractivity contribution in [2.24, 2.45) is 50.7 Å². The molecule has 7 fully saturated rings. The molecule has 7 aliphatic rings. The van der Waals surface area contributed by atoms with Crippen LogP contribution in [0.1, 0.15) is 121 Å². The predicted molar refractivity (Wildman–Crippen MR) is 179 cm³/mol. The van der Waals surface area contributed by atoms with Gasteiger partial charge in [0.15, 0.2) is 12.4 Å². The van der Waals surface area contributed by atoms with Gasteiger partial charge in [0, 0.05) is 31.5 Å². The number of esters is 1. The monoisotopic (exact) mass is 659 g/mol. The maximum Gasteiger partial charge on any atom is 0.303 e. The van der Waals surface area contributed by atoms with Crippen LogP contribution in [0.3, 0.4) is 0 Å². The molecule has 0 aromatic heterocycles. The zero-order valence-corrected chi connectivity index (χ0v) is 31.0. The standard InChI is InChI=1S/C39H65NO7/c1-22(2)40-17-18-44-29(20-40)47-28-13-14-38-21-39(38)16-15-36(9)30-23(3)19-25(33(35(7,8)43)45-24(4)41)46-31(30)32(42)37(36,10)27(39)12-11-26(38)34(28,5)6/h22-23,25-33,42-43H,11-21H2,1-10H3/t23?,25-,26+,27+,28+,29+,30+,31+,32+,33+,36-,37-,38-,39+/m1/s1. The molecule has 2 spiro atoms. The van der Waals surface area contributed by atoms with Crippen LogP contribution in [0.2, 0.25) is 0 Å². The number of aliphatic hydroxyl groups excluding tert-OH is 1. The summed E-state index contributed by atoms with van der Waals surface area (Å²) >= 11 is 0. The number of nitrogens with zero attached hydrogens (tertiary/aromatic N) is 1. The van der Waals surface area contributed by atoms with Crippen LogP contribution in [0.15, 0.2) is 0 Å². The Labute approximate surface area is 284 Å². The van der Waals surface area contributed by atoms with Gasteiger partial charge in [0.25, 0.3) is 0 Å². The van der Waals surface area contributed by atoms with Crippen LogP contribution in [0.5, 0.6) is 0 Å². The number of morpholine rings is 1. The zero-order valence-electron chi connectivity index (χ0n) is 31.0. The van der Waals surface area contributed by atoms with Gasteiger partial charge in [0.2, 0.25) is 0 Å². The summed E-state index contributed by atoms with van der Waals surface area (Å²) in [7, 11) is 0. The topological polar surface area (TPSA) is 97.7 Å². The molecule has 0 bridgehead atoms. The van der Waals surface area contributed by atoms with Crippen molar-refractivity contribution in [2.75, 3.05) is 19.7 Å². The van der Waals surface area contributed by atoms with Crippen LogP contribution < -0.4 is 0 Å². The molecule has 8 nitrogen and oxygen atoms in total. The average molecular weight is 660 g/mol. The fraction of sp³-hybridized carbons (Fsp3) is 0.974. The second-order valence-corrected chi connectivity index (χ2v) is 19.3. The second-order valence-electron chi connectivity index (χ2n) is 19.3. The third-order valence-corrected chi connectivity index (χ3v) is 16.2. The van der Waals surface area contributed by atoms with Gasteiger partial charge in [0.1, 0.15) is 0 Å². The molecule has 14 atom stereocenters. The van der Waals surface area contributed by atoms with Gasteiger partial charge in [-0.05, 0) is 124 Å². The lowest BCUT2D eigenvalue weighted by molar-refractivity contribution is -0.250. The van der Waals surface area contributed by atoms with Gasteiger partial charge < -0.3 is 29.2 Å². The van der Waals surface area contributed by atoms with Gasteiger partial charge in [-0.3, -0.25) is 9.69 Å². The summed E-state index contributed by atoms with van der Waals surface area (Å²) in [5.41, 5.74) is -0.902. The Hall–Kier alpha value is -0.770. The van der Waals surface area contributed by atoms with E-state index in [9.17, 15) is 15.0 Å². The smallest absolute Gasteiger partial charge is 0.303 e. The largest absolute Gasteiger partial charge is 0.457 e. The molecular formula is C39H65NO7. The van der Waals surface area contributed by atoms with E-state index in [4.69, 9.17) is 18.9 Å². The molecule has 2 aliphatic heterocycles. The minimum Gasteiger partial charge on any atom is -0.457 e. The fourth-order valence-corrected chi connectivity index (χ4v) is 14.0. The van der Waals surface area contributed by atoms with Crippen molar-refractivity contribution in [1.29, 1.82) is 0 Å². The molecule has 0 amide bonds. The zero-order chi connectivity index (χ0) is 34.1. The quantitative estimate of drug-likeness (QED) is 0.338. The summed E-state index contributed by atoms with van der Waals surface area (Å²) in [5, 5.41) is 23.6. The highest BCUT2D eigenvalue weighted by molar-refractivity contribution is 5.66. The molecule has 268 valence electrons. The molecule has 1 unspecified atom stereocenters. The molecule has 2 N–H and O–H groups in total. The Morgan fingerprint density at radius 2 is 1.70 bits per heavy atom. The molecule has 0 radical (unpaired) electrons. The normalized spacial score (nSPS) is 51.2. The minimum atomic E-state index is -1.25. The number of carbonyl (C=O) groups is 1. The van der Waals surface area contributed by atoms with Crippen LogP contribution in [-0.4, -0.2) is 89.2 Å². The van der Waals surface area contributed by atoms with Crippen LogP contribution >= 0.6 is 0 Å². The Morgan fingerprint density at radius 3 is 2.36 bits per heavy atom. The van der Waals surface area contributed by atoms with E-state index in [0.29, 0.717) is 29.7 Å². The minimum absolute atomic E-state index is 0.0455. The van der Waals surface area contributed by atoms with Gasteiger partial charge >= 0.3 is 5.97 Å². The molecular weight excluding hydrogens is 594 g/mol. The fourth-order valence-electron chi connectivity index (χ4n) is 14.0. The first-order chi connectivity index (χ1) is 21.8. The second kappa shape index (κ2) is 11.1. The third kappa shape index (κ3) is 4.76. The van der Waals surface area contributed by atoms with Crippen molar-refractivity contribution in [3.05, 3.63) is 0 Å². The summed E-state index contributed by atoms with van der Waals surface area (Å²) in [6.07, 6.45) is 6.85. The van der Waals surface area contributed by atoms with Crippen molar-refractivity contribution >= 4 is 5.97 Å². The highest BCUT2D eigenvalue weighted by Gasteiger charge is 2.84. The van der Waals surface area contributed by atoms with E-state index in [2.05, 4.69) is 53.4 Å². The first-order valence-corrected chi connectivity index (χ1v) is 19.1. The van der Waals surface area contributed by atoms with Crippen LogP contribution in [-0.2, 0) is 23.7 Å². The first kappa shape index (κ1) is 34.7. The molecule has 8 heteroatoms.